The van der Waals surface area contributed by atoms with Crippen molar-refractivity contribution < 1.29 is 0 Å². The molecule has 0 fully saturated rings. The molecule has 0 aromatic heterocycles. The van der Waals surface area contributed by atoms with Crippen LogP contribution in [0.25, 0.3) is 0 Å². The minimum Gasteiger partial charge on any atom is -0.369 e. The van der Waals surface area contributed by atoms with E-state index < -0.39 is 0 Å². The lowest BCUT2D eigenvalue weighted by atomic mass is 10.5. The van der Waals surface area contributed by atoms with Gasteiger partial charge in [0.2, 0.25) is 5.96 Å². The summed E-state index contributed by atoms with van der Waals surface area (Å²) in [6.45, 7) is 2.75. The Kier molecular flexibility index (Phi) is 3.97. The lowest BCUT2D eigenvalue weighted by molar-refractivity contribution is 0.900. The van der Waals surface area contributed by atoms with E-state index in [1.807, 2.05) is 6.92 Å². The summed E-state index contributed by atoms with van der Waals surface area (Å²) in [6.07, 6.45) is 0.988. The predicted molar refractivity (Wildman–Crippen MR) is 34.1 cm³/mol. The summed E-state index contributed by atoms with van der Waals surface area (Å²) in [5.74, 6) is 5.21. The lowest BCUT2D eigenvalue weighted by Crippen LogP contribution is -2.37. The molecule has 0 radical (unpaired) electrons. The molecule has 0 amide bonds. The number of nitrogens with one attached hydrogen (secondary N) is 1. The molecule has 0 spiro atoms. The van der Waals surface area contributed by atoms with Crippen LogP contribution in [-0.4, -0.2) is 12.5 Å². The van der Waals surface area contributed by atoms with Gasteiger partial charge in [-0.3, -0.25) is 10.4 Å². The van der Waals surface area contributed by atoms with Crippen LogP contribution in [0.3, 0.4) is 0 Å². The van der Waals surface area contributed by atoms with E-state index in [4.69, 9.17) is 11.6 Å². The minimum atomic E-state index is 0.298. The normalized spacial score (nSPS) is 11.5. The van der Waals surface area contributed by atoms with Crippen LogP contribution in [0.5, 0.6) is 0 Å². The third kappa shape index (κ3) is 3.42. The summed E-state index contributed by atoms with van der Waals surface area (Å²) < 4.78 is 0. The maximum Gasteiger partial charge on any atom is 0.203 e. The first-order valence-electron chi connectivity index (χ1n) is 2.57. The molecular formula is C4H12N4. The standard InChI is InChI=1S/C4H12N4/c1-2-3-7-4(5)8-6/h2-3,6H2,1H3,(H3,5,7,8). The zero-order valence-corrected chi connectivity index (χ0v) is 5.02. The lowest BCUT2D eigenvalue weighted by Gasteiger charge is -1.94. The Balaban J connectivity index is 3.26. The number of aliphatic imine (C=N–C) groups is 1. The second-order valence-electron chi connectivity index (χ2n) is 1.41. The first-order chi connectivity index (χ1) is 3.81. The van der Waals surface area contributed by atoms with Gasteiger partial charge in [0.05, 0.1) is 0 Å². The number of guanidine groups is 1. The molecule has 0 atom stereocenters. The first-order valence-corrected chi connectivity index (χ1v) is 2.57. The average molecular weight is 116 g/mol. The molecule has 0 aliphatic heterocycles. The van der Waals surface area contributed by atoms with E-state index >= 15 is 0 Å². The molecule has 0 bridgehead atoms. The van der Waals surface area contributed by atoms with Gasteiger partial charge in [-0.05, 0) is 6.42 Å². The molecule has 0 saturated heterocycles. The Bertz CT molecular complexity index is 78.1. The average Bonchev–Trinajstić information content (AvgIpc) is 1.83. The van der Waals surface area contributed by atoms with Crippen LogP contribution in [-0.2, 0) is 0 Å². The summed E-state index contributed by atoms with van der Waals surface area (Å²) in [5, 5.41) is 0. The topological polar surface area (TPSA) is 76.4 Å². The fourth-order valence-electron chi connectivity index (χ4n) is 0.278. The fourth-order valence-corrected chi connectivity index (χ4v) is 0.278. The van der Waals surface area contributed by atoms with Crippen LogP contribution in [0.15, 0.2) is 4.99 Å². The van der Waals surface area contributed by atoms with Gasteiger partial charge in [0.25, 0.3) is 0 Å². The van der Waals surface area contributed by atoms with Gasteiger partial charge >= 0.3 is 0 Å². The van der Waals surface area contributed by atoms with Crippen molar-refractivity contribution in [1.82, 2.24) is 5.43 Å². The van der Waals surface area contributed by atoms with E-state index in [0.717, 1.165) is 13.0 Å². The largest absolute Gasteiger partial charge is 0.369 e. The smallest absolute Gasteiger partial charge is 0.203 e. The van der Waals surface area contributed by atoms with Crippen molar-refractivity contribution in [2.24, 2.45) is 16.6 Å². The highest BCUT2D eigenvalue weighted by Crippen LogP contribution is 1.74. The number of rotatable bonds is 2. The van der Waals surface area contributed by atoms with Gasteiger partial charge < -0.3 is 5.73 Å². The Labute approximate surface area is 48.9 Å². The molecule has 8 heavy (non-hydrogen) atoms. The number of nitrogens with zero attached hydrogens (tertiary/aromatic N) is 1. The monoisotopic (exact) mass is 116 g/mol. The van der Waals surface area contributed by atoms with Crippen LogP contribution in [0.4, 0.5) is 0 Å². The van der Waals surface area contributed by atoms with Crippen molar-refractivity contribution in [2.45, 2.75) is 13.3 Å². The van der Waals surface area contributed by atoms with E-state index in [1.165, 1.54) is 0 Å². The van der Waals surface area contributed by atoms with Gasteiger partial charge in [0.15, 0.2) is 0 Å². The highest BCUT2D eigenvalue weighted by atomic mass is 15.3. The predicted octanol–water partition coefficient (Wildman–Crippen LogP) is -0.826. The molecule has 0 aliphatic rings. The first kappa shape index (κ1) is 7.23. The maximum absolute atomic E-state index is 5.17. The number of hydrogen-bond acceptors (Lipinski definition) is 2. The highest BCUT2D eigenvalue weighted by molar-refractivity contribution is 5.76. The molecule has 4 heteroatoms. The van der Waals surface area contributed by atoms with Crippen molar-refractivity contribution in [3.8, 4) is 0 Å². The number of hydrazine groups is 1. The summed E-state index contributed by atoms with van der Waals surface area (Å²) in [6, 6.07) is 0. The van der Waals surface area contributed by atoms with Crippen molar-refractivity contribution >= 4 is 5.96 Å². The van der Waals surface area contributed by atoms with Gasteiger partial charge in [0.1, 0.15) is 0 Å². The maximum atomic E-state index is 5.17. The van der Waals surface area contributed by atoms with Gasteiger partial charge in [-0.1, -0.05) is 6.92 Å². The third-order valence-corrected chi connectivity index (χ3v) is 0.654. The Hall–Kier alpha value is -0.770. The molecule has 0 saturated carbocycles. The molecule has 0 aromatic rings. The molecular weight excluding hydrogens is 104 g/mol. The van der Waals surface area contributed by atoms with Crippen molar-refractivity contribution in [3.63, 3.8) is 0 Å². The molecule has 0 heterocycles. The number of nitrogens with two attached hydrogens (primary N) is 2. The van der Waals surface area contributed by atoms with Crippen LogP contribution < -0.4 is 17.0 Å². The van der Waals surface area contributed by atoms with Crippen LogP contribution in [0, 0.1) is 0 Å². The van der Waals surface area contributed by atoms with Crippen molar-refractivity contribution in [3.05, 3.63) is 0 Å². The summed E-state index contributed by atoms with van der Waals surface area (Å²) in [5.41, 5.74) is 7.40. The second kappa shape index (κ2) is 4.39. The van der Waals surface area contributed by atoms with Crippen molar-refractivity contribution in [1.29, 1.82) is 0 Å². The van der Waals surface area contributed by atoms with Gasteiger partial charge in [0, 0.05) is 6.54 Å². The zero-order chi connectivity index (χ0) is 6.41. The van der Waals surface area contributed by atoms with E-state index in [2.05, 4.69) is 10.4 Å². The summed E-state index contributed by atoms with van der Waals surface area (Å²) in [7, 11) is 0. The molecule has 0 rings (SSSR count). The fraction of sp³-hybridized carbons (Fsp3) is 0.750. The zero-order valence-electron chi connectivity index (χ0n) is 5.02. The second-order valence-corrected chi connectivity index (χ2v) is 1.41. The van der Waals surface area contributed by atoms with Crippen LogP contribution in [0.2, 0.25) is 0 Å². The highest BCUT2D eigenvalue weighted by Gasteiger charge is 1.79. The van der Waals surface area contributed by atoms with E-state index in [1.54, 1.807) is 0 Å². The van der Waals surface area contributed by atoms with Gasteiger partial charge in [-0.25, -0.2) is 5.84 Å². The van der Waals surface area contributed by atoms with Crippen molar-refractivity contribution in [2.75, 3.05) is 6.54 Å². The Morgan fingerprint density at radius 3 is 2.75 bits per heavy atom. The molecule has 5 N–H and O–H groups in total. The number of hydrogen-bond donors (Lipinski definition) is 3. The van der Waals surface area contributed by atoms with E-state index in [0.29, 0.717) is 5.96 Å². The molecule has 48 valence electrons. The minimum absolute atomic E-state index is 0.298. The molecule has 0 aliphatic carbocycles. The SMILES string of the molecule is CCCN=C(N)NN. The molecule has 0 aromatic carbocycles. The van der Waals surface area contributed by atoms with E-state index in [9.17, 15) is 0 Å². The summed E-state index contributed by atoms with van der Waals surface area (Å²) in [4.78, 5) is 3.82. The Morgan fingerprint density at radius 1 is 1.75 bits per heavy atom. The summed E-state index contributed by atoms with van der Waals surface area (Å²) >= 11 is 0. The van der Waals surface area contributed by atoms with Crippen LogP contribution >= 0.6 is 0 Å². The Morgan fingerprint density at radius 2 is 2.38 bits per heavy atom. The van der Waals surface area contributed by atoms with Gasteiger partial charge in [-0.15, -0.1) is 0 Å². The van der Waals surface area contributed by atoms with Crippen LogP contribution in [0.1, 0.15) is 13.3 Å². The van der Waals surface area contributed by atoms with Gasteiger partial charge in [-0.2, -0.15) is 0 Å². The molecule has 4 nitrogen and oxygen atoms in total. The molecule has 0 unspecified atom stereocenters. The quantitative estimate of drug-likeness (QED) is 0.191. The van der Waals surface area contributed by atoms with E-state index in [-0.39, 0.29) is 0 Å². The third-order valence-electron chi connectivity index (χ3n) is 0.654.